The first-order chi connectivity index (χ1) is 9.13. The Hall–Kier alpha value is -1.13. The fraction of sp³-hybridized carbons (Fsp3) is 0.600. The molecule has 0 aliphatic rings. The Balaban J connectivity index is 2.53. The summed E-state index contributed by atoms with van der Waals surface area (Å²) in [6, 6.07) is 4.61. The van der Waals surface area contributed by atoms with Gasteiger partial charge in [0.15, 0.2) is 0 Å². The Morgan fingerprint density at radius 2 is 2.05 bits per heavy atom. The summed E-state index contributed by atoms with van der Waals surface area (Å²) in [7, 11) is 0. The average molecular weight is 269 g/mol. The van der Waals surface area contributed by atoms with Crippen LogP contribution in [0.4, 0.5) is 4.39 Å². The minimum atomic E-state index is -0.237. The van der Waals surface area contributed by atoms with Crippen LogP contribution in [-0.4, -0.2) is 26.4 Å². The zero-order chi connectivity index (χ0) is 14.1. The molecule has 0 saturated heterocycles. The van der Waals surface area contributed by atoms with Crippen LogP contribution in [0.25, 0.3) is 0 Å². The van der Waals surface area contributed by atoms with Gasteiger partial charge in [-0.1, -0.05) is 13.8 Å². The Morgan fingerprint density at radius 1 is 1.26 bits per heavy atom. The number of halogens is 1. The molecule has 0 radical (unpaired) electrons. The van der Waals surface area contributed by atoms with Crippen molar-refractivity contribution in [1.82, 2.24) is 5.32 Å². The van der Waals surface area contributed by atoms with Crippen molar-refractivity contribution < 1.29 is 13.9 Å². The summed E-state index contributed by atoms with van der Waals surface area (Å²) in [5.74, 6) is 1.05. The second kappa shape index (κ2) is 8.88. The van der Waals surface area contributed by atoms with Gasteiger partial charge in [-0.3, -0.25) is 0 Å². The Kier molecular flexibility index (Phi) is 7.45. The van der Waals surface area contributed by atoms with Crippen molar-refractivity contribution in [3.8, 4) is 5.75 Å². The highest BCUT2D eigenvalue weighted by Crippen LogP contribution is 2.19. The third-order valence-corrected chi connectivity index (χ3v) is 2.58. The molecule has 1 aromatic rings. The number of ether oxygens (including phenoxy) is 2. The first-order valence-corrected chi connectivity index (χ1v) is 6.83. The minimum Gasteiger partial charge on any atom is -0.491 e. The van der Waals surface area contributed by atoms with Crippen molar-refractivity contribution in [2.24, 2.45) is 5.92 Å². The van der Waals surface area contributed by atoms with Gasteiger partial charge < -0.3 is 14.8 Å². The molecule has 3 nitrogen and oxygen atoms in total. The fourth-order valence-corrected chi connectivity index (χ4v) is 1.68. The van der Waals surface area contributed by atoms with Gasteiger partial charge in [0, 0.05) is 18.7 Å². The summed E-state index contributed by atoms with van der Waals surface area (Å²) in [6.45, 7) is 9.43. The predicted octanol–water partition coefficient (Wildman–Crippen LogP) is 2.99. The van der Waals surface area contributed by atoms with Gasteiger partial charge in [-0.2, -0.15) is 0 Å². The number of benzene rings is 1. The number of rotatable bonds is 9. The van der Waals surface area contributed by atoms with Gasteiger partial charge in [-0.15, -0.1) is 0 Å². The molecule has 1 N–H and O–H groups in total. The molecule has 0 unspecified atom stereocenters. The quantitative estimate of drug-likeness (QED) is 0.699. The second-order valence-corrected chi connectivity index (χ2v) is 4.82. The van der Waals surface area contributed by atoms with Crippen molar-refractivity contribution in [2.45, 2.75) is 27.3 Å². The highest BCUT2D eigenvalue weighted by molar-refractivity contribution is 5.33. The topological polar surface area (TPSA) is 30.5 Å². The number of hydrogen-bond acceptors (Lipinski definition) is 3. The van der Waals surface area contributed by atoms with Crippen LogP contribution >= 0.6 is 0 Å². The largest absolute Gasteiger partial charge is 0.491 e. The normalized spacial score (nSPS) is 11.0. The zero-order valence-corrected chi connectivity index (χ0v) is 12.0. The summed E-state index contributed by atoms with van der Waals surface area (Å²) in [6.07, 6.45) is 0. The van der Waals surface area contributed by atoms with E-state index in [1.807, 2.05) is 6.92 Å². The van der Waals surface area contributed by atoms with Gasteiger partial charge in [0.05, 0.1) is 6.61 Å². The van der Waals surface area contributed by atoms with E-state index in [4.69, 9.17) is 9.47 Å². The lowest BCUT2D eigenvalue weighted by Gasteiger charge is -2.13. The van der Waals surface area contributed by atoms with Gasteiger partial charge in [-0.25, -0.2) is 4.39 Å². The molecule has 0 saturated carbocycles. The number of hydrogen-bond donors (Lipinski definition) is 1. The third kappa shape index (κ3) is 6.55. The molecule has 4 heteroatoms. The summed E-state index contributed by atoms with van der Waals surface area (Å²) >= 11 is 0. The summed E-state index contributed by atoms with van der Waals surface area (Å²) < 4.78 is 24.1. The van der Waals surface area contributed by atoms with E-state index in [2.05, 4.69) is 19.2 Å². The van der Waals surface area contributed by atoms with Crippen molar-refractivity contribution in [3.63, 3.8) is 0 Å². The Bertz CT molecular complexity index is 369. The van der Waals surface area contributed by atoms with Crippen LogP contribution in [0.3, 0.4) is 0 Å². The van der Waals surface area contributed by atoms with Gasteiger partial charge in [-0.05, 0) is 37.6 Å². The lowest BCUT2D eigenvalue weighted by Crippen LogP contribution is -2.19. The summed E-state index contributed by atoms with van der Waals surface area (Å²) in [5.41, 5.74) is 0.845. The monoisotopic (exact) mass is 269 g/mol. The summed E-state index contributed by atoms with van der Waals surface area (Å²) in [5, 5.41) is 3.29. The smallest absolute Gasteiger partial charge is 0.124 e. The van der Waals surface area contributed by atoms with E-state index >= 15 is 0 Å². The molecule has 0 aliphatic heterocycles. The SMILES string of the molecule is CCOCCOc1ccc(F)cc1CNCC(C)C. The first-order valence-electron chi connectivity index (χ1n) is 6.83. The molecule has 0 heterocycles. The molecule has 0 spiro atoms. The first kappa shape index (κ1) is 15.9. The maximum absolute atomic E-state index is 13.3. The maximum atomic E-state index is 13.3. The van der Waals surface area contributed by atoms with Crippen molar-refractivity contribution in [2.75, 3.05) is 26.4 Å². The second-order valence-electron chi connectivity index (χ2n) is 4.82. The zero-order valence-electron chi connectivity index (χ0n) is 12.0. The predicted molar refractivity (Wildman–Crippen MR) is 74.9 cm³/mol. The van der Waals surface area contributed by atoms with E-state index in [9.17, 15) is 4.39 Å². The Labute approximate surface area is 115 Å². The third-order valence-electron chi connectivity index (χ3n) is 2.58. The molecule has 1 aromatic carbocycles. The highest BCUT2D eigenvalue weighted by Gasteiger charge is 2.06. The van der Waals surface area contributed by atoms with Crippen LogP contribution in [0.2, 0.25) is 0 Å². The number of nitrogens with one attached hydrogen (secondary N) is 1. The van der Waals surface area contributed by atoms with Gasteiger partial charge in [0.1, 0.15) is 18.2 Å². The molecule has 0 amide bonds. The highest BCUT2D eigenvalue weighted by atomic mass is 19.1. The van der Waals surface area contributed by atoms with Crippen molar-refractivity contribution in [3.05, 3.63) is 29.6 Å². The molecule has 108 valence electrons. The van der Waals surface area contributed by atoms with E-state index < -0.39 is 0 Å². The van der Waals surface area contributed by atoms with Crippen molar-refractivity contribution in [1.29, 1.82) is 0 Å². The fourth-order valence-electron chi connectivity index (χ4n) is 1.68. The maximum Gasteiger partial charge on any atom is 0.124 e. The van der Waals surface area contributed by atoms with E-state index in [1.54, 1.807) is 6.07 Å². The summed E-state index contributed by atoms with van der Waals surface area (Å²) in [4.78, 5) is 0. The molecule has 0 bridgehead atoms. The molecular weight excluding hydrogens is 245 g/mol. The molecule has 0 aromatic heterocycles. The van der Waals surface area contributed by atoms with Crippen LogP contribution in [0, 0.1) is 11.7 Å². The van der Waals surface area contributed by atoms with Crippen LogP contribution in [0.1, 0.15) is 26.3 Å². The van der Waals surface area contributed by atoms with Gasteiger partial charge in [0.25, 0.3) is 0 Å². The average Bonchev–Trinajstić information content (AvgIpc) is 2.36. The lowest BCUT2D eigenvalue weighted by molar-refractivity contribution is 0.109. The van der Waals surface area contributed by atoms with E-state index in [1.165, 1.54) is 12.1 Å². The van der Waals surface area contributed by atoms with Gasteiger partial charge >= 0.3 is 0 Å². The molecule has 0 aliphatic carbocycles. The van der Waals surface area contributed by atoms with Crippen LogP contribution in [-0.2, 0) is 11.3 Å². The standard InChI is InChI=1S/C15H24FNO2/c1-4-18-7-8-19-15-6-5-14(16)9-13(15)11-17-10-12(2)3/h5-6,9,12,17H,4,7-8,10-11H2,1-3H3. The molecule has 0 atom stereocenters. The van der Waals surface area contributed by atoms with Crippen LogP contribution in [0.5, 0.6) is 5.75 Å². The van der Waals surface area contributed by atoms with E-state index in [-0.39, 0.29) is 5.82 Å². The lowest BCUT2D eigenvalue weighted by atomic mass is 10.1. The minimum absolute atomic E-state index is 0.237. The Morgan fingerprint density at radius 3 is 2.74 bits per heavy atom. The molecule has 1 rings (SSSR count). The van der Waals surface area contributed by atoms with Crippen LogP contribution in [0.15, 0.2) is 18.2 Å². The van der Waals surface area contributed by atoms with E-state index in [0.29, 0.717) is 32.3 Å². The molecular formula is C15H24FNO2. The molecule has 0 fully saturated rings. The molecule has 19 heavy (non-hydrogen) atoms. The van der Waals surface area contributed by atoms with Crippen LogP contribution < -0.4 is 10.1 Å². The van der Waals surface area contributed by atoms with E-state index in [0.717, 1.165) is 17.9 Å². The van der Waals surface area contributed by atoms with Crippen molar-refractivity contribution >= 4 is 0 Å². The van der Waals surface area contributed by atoms with Gasteiger partial charge in [0.2, 0.25) is 0 Å².